The topological polar surface area (TPSA) is 58.6 Å². The van der Waals surface area contributed by atoms with Gasteiger partial charge in [-0.1, -0.05) is 0 Å². The summed E-state index contributed by atoms with van der Waals surface area (Å²) in [5.41, 5.74) is 0. The van der Waals surface area contributed by atoms with Crippen molar-refractivity contribution in [3.63, 3.8) is 0 Å². The molecule has 4 nitrogen and oxygen atoms in total. The summed E-state index contributed by atoms with van der Waals surface area (Å²) in [7, 11) is 0. The van der Waals surface area contributed by atoms with E-state index in [9.17, 15) is 4.79 Å². The molecule has 10 heavy (non-hydrogen) atoms. The van der Waals surface area contributed by atoms with E-state index >= 15 is 0 Å². The van der Waals surface area contributed by atoms with E-state index in [4.69, 9.17) is 9.84 Å². The Labute approximate surface area is 59.2 Å². The zero-order valence-corrected chi connectivity index (χ0v) is 5.83. The van der Waals surface area contributed by atoms with Crippen molar-refractivity contribution < 1.29 is 14.6 Å². The summed E-state index contributed by atoms with van der Waals surface area (Å²) in [6.45, 7) is 2.22. The Balaban J connectivity index is 2.39. The minimum absolute atomic E-state index is 0.0577. The molecule has 1 rings (SSSR count). The first-order valence-corrected chi connectivity index (χ1v) is 3.28. The lowest BCUT2D eigenvalue weighted by atomic mass is 10.1. The molecule has 0 radical (unpaired) electrons. The second kappa shape index (κ2) is 2.98. The molecular weight excluding hydrogens is 134 g/mol. The van der Waals surface area contributed by atoms with Gasteiger partial charge in [0.1, 0.15) is 6.04 Å². The minimum Gasteiger partial charge on any atom is -0.480 e. The number of nitrogens with one attached hydrogen (secondary N) is 1. The lowest BCUT2D eigenvalue weighted by molar-refractivity contribution is -0.143. The van der Waals surface area contributed by atoms with E-state index in [0.29, 0.717) is 13.2 Å². The molecule has 0 amide bonds. The second-order valence-corrected chi connectivity index (χ2v) is 2.45. The molecular formula is C6H11NO3. The van der Waals surface area contributed by atoms with Gasteiger partial charge in [-0.25, -0.2) is 0 Å². The van der Waals surface area contributed by atoms with Crippen LogP contribution in [0.25, 0.3) is 0 Å². The van der Waals surface area contributed by atoms with Crippen molar-refractivity contribution in [2.75, 3.05) is 6.73 Å². The van der Waals surface area contributed by atoms with Gasteiger partial charge < -0.3 is 9.84 Å². The van der Waals surface area contributed by atoms with Crippen LogP contribution in [0.2, 0.25) is 0 Å². The van der Waals surface area contributed by atoms with E-state index in [1.807, 2.05) is 6.92 Å². The molecule has 1 aliphatic heterocycles. The van der Waals surface area contributed by atoms with Crippen LogP contribution in [-0.4, -0.2) is 30.0 Å². The van der Waals surface area contributed by atoms with Crippen molar-refractivity contribution in [1.82, 2.24) is 5.32 Å². The maximum Gasteiger partial charge on any atom is 0.320 e. The molecule has 2 N–H and O–H groups in total. The van der Waals surface area contributed by atoms with Crippen LogP contribution in [0.1, 0.15) is 13.3 Å². The van der Waals surface area contributed by atoms with Gasteiger partial charge >= 0.3 is 5.97 Å². The van der Waals surface area contributed by atoms with Gasteiger partial charge in [0.25, 0.3) is 0 Å². The number of ether oxygens (including phenoxy) is 1. The summed E-state index contributed by atoms with van der Waals surface area (Å²) in [6.07, 6.45) is 0.609. The Morgan fingerprint density at radius 3 is 2.90 bits per heavy atom. The van der Waals surface area contributed by atoms with Crippen LogP contribution >= 0.6 is 0 Å². The van der Waals surface area contributed by atoms with E-state index in [-0.39, 0.29) is 6.10 Å². The van der Waals surface area contributed by atoms with Crippen LogP contribution in [0.15, 0.2) is 0 Å². The monoisotopic (exact) mass is 145 g/mol. The molecule has 0 bridgehead atoms. The molecule has 2 atom stereocenters. The summed E-state index contributed by atoms with van der Waals surface area (Å²) < 4.78 is 5.08. The Hall–Kier alpha value is -0.610. The highest BCUT2D eigenvalue weighted by molar-refractivity contribution is 5.73. The molecule has 1 saturated heterocycles. The van der Waals surface area contributed by atoms with Crippen LogP contribution in [0.5, 0.6) is 0 Å². The zero-order valence-electron chi connectivity index (χ0n) is 5.83. The molecule has 1 heterocycles. The second-order valence-electron chi connectivity index (χ2n) is 2.45. The minimum atomic E-state index is -0.796. The van der Waals surface area contributed by atoms with Gasteiger partial charge in [-0.3, -0.25) is 10.1 Å². The molecule has 0 aromatic rings. The van der Waals surface area contributed by atoms with Gasteiger partial charge in [0.15, 0.2) is 0 Å². The van der Waals surface area contributed by atoms with Crippen molar-refractivity contribution >= 4 is 5.97 Å². The van der Waals surface area contributed by atoms with Crippen LogP contribution in [-0.2, 0) is 9.53 Å². The summed E-state index contributed by atoms with van der Waals surface area (Å²) in [5.74, 6) is -0.796. The average molecular weight is 145 g/mol. The quantitative estimate of drug-likeness (QED) is 0.536. The lowest BCUT2D eigenvalue weighted by Crippen LogP contribution is -2.45. The highest BCUT2D eigenvalue weighted by Gasteiger charge is 2.23. The van der Waals surface area contributed by atoms with Gasteiger partial charge in [0.2, 0.25) is 0 Å². The number of carboxylic acids is 1. The third-order valence-corrected chi connectivity index (χ3v) is 1.56. The van der Waals surface area contributed by atoms with E-state index in [1.165, 1.54) is 0 Å². The van der Waals surface area contributed by atoms with Gasteiger partial charge in [-0.15, -0.1) is 0 Å². The maximum atomic E-state index is 10.4. The van der Waals surface area contributed by atoms with Crippen molar-refractivity contribution in [2.24, 2.45) is 0 Å². The first-order valence-electron chi connectivity index (χ1n) is 3.28. The Bertz CT molecular complexity index is 137. The molecule has 4 heteroatoms. The molecule has 2 unspecified atom stereocenters. The number of rotatable bonds is 1. The smallest absolute Gasteiger partial charge is 0.320 e. The number of carboxylic acid groups (broad SMARTS) is 1. The molecule has 1 aliphatic rings. The molecule has 0 aromatic heterocycles. The van der Waals surface area contributed by atoms with Gasteiger partial charge in [0.05, 0.1) is 12.8 Å². The third-order valence-electron chi connectivity index (χ3n) is 1.56. The highest BCUT2D eigenvalue weighted by Crippen LogP contribution is 2.06. The largest absolute Gasteiger partial charge is 0.480 e. The Morgan fingerprint density at radius 2 is 2.50 bits per heavy atom. The fourth-order valence-corrected chi connectivity index (χ4v) is 0.962. The van der Waals surface area contributed by atoms with Gasteiger partial charge in [0, 0.05) is 0 Å². The summed E-state index contributed by atoms with van der Waals surface area (Å²) in [5, 5.41) is 11.3. The van der Waals surface area contributed by atoms with Crippen LogP contribution in [0.4, 0.5) is 0 Å². The fraction of sp³-hybridized carbons (Fsp3) is 0.833. The van der Waals surface area contributed by atoms with Gasteiger partial charge in [-0.2, -0.15) is 0 Å². The SMILES string of the molecule is CC1CC(C(=O)O)NCO1. The molecule has 0 saturated carbocycles. The normalized spacial score (nSPS) is 33.7. The van der Waals surface area contributed by atoms with Crippen molar-refractivity contribution in [2.45, 2.75) is 25.5 Å². The first kappa shape index (κ1) is 7.50. The summed E-state index contributed by atoms with van der Waals surface area (Å²) in [6, 6.07) is -0.427. The maximum absolute atomic E-state index is 10.4. The van der Waals surface area contributed by atoms with Gasteiger partial charge in [-0.05, 0) is 13.3 Å². The van der Waals surface area contributed by atoms with Crippen LogP contribution < -0.4 is 5.32 Å². The Morgan fingerprint density at radius 1 is 1.80 bits per heavy atom. The summed E-state index contributed by atoms with van der Waals surface area (Å²) >= 11 is 0. The Kier molecular flexibility index (Phi) is 2.24. The third kappa shape index (κ3) is 1.68. The molecule has 58 valence electrons. The average Bonchev–Trinajstić information content (AvgIpc) is 1.88. The summed E-state index contributed by atoms with van der Waals surface area (Å²) in [4.78, 5) is 10.4. The number of aliphatic carboxylic acids is 1. The number of hydrogen-bond acceptors (Lipinski definition) is 3. The van der Waals surface area contributed by atoms with Crippen LogP contribution in [0, 0.1) is 0 Å². The van der Waals surface area contributed by atoms with E-state index in [1.54, 1.807) is 0 Å². The standard InChI is InChI=1S/C6H11NO3/c1-4-2-5(6(8)9)7-3-10-4/h4-5,7H,2-3H2,1H3,(H,8,9). The first-order chi connectivity index (χ1) is 4.70. The highest BCUT2D eigenvalue weighted by atomic mass is 16.5. The predicted molar refractivity (Wildman–Crippen MR) is 34.6 cm³/mol. The van der Waals surface area contributed by atoms with E-state index in [2.05, 4.69) is 5.32 Å². The molecule has 0 aromatic carbocycles. The fourth-order valence-electron chi connectivity index (χ4n) is 0.962. The van der Waals surface area contributed by atoms with Crippen molar-refractivity contribution in [3.8, 4) is 0 Å². The lowest BCUT2D eigenvalue weighted by Gasteiger charge is -2.25. The van der Waals surface area contributed by atoms with Crippen molar-refractivity contribution in [1.29, 1.82) is 0 Å². The van der Waals surface area contributed by atoms with E-state index < -0.39 is 12.0 Å². The number of hydrogen-bond donors (Lipinski definition) is 2. The zero-order chi connectivity index (χ0) is 7.56. The van der Waals surface area contributed by atoms with E-state index in [0.717, 1.165) is 0 Å². The molecule has 0 spiro atoms. The molecule has 0 aliphatic carbocycles. The predicted octanol–water partition coefficient (Wildman–Crippen LogP) is -0.205. The van der Waals surface area contributed by atoms with Crippen molar-refractivity contribution in [3.05, 3.63) is 0 Å². The molecule has 1 fully saturated rings. The van der Waals surface area contributed by atoms with Crippen LogP contribution in [0.3, 0.4) is 0 Å². The number of carbonyl (C=O) groups is 1.